The molecule has 2 atom stereocenters. The van der Waals surface area contributed by atoms with Gasteiger partial charge in [-0.1, -0.05) is 0 Å². The average molecular weight is 278 g/mol. The molecular formula is C13H10F2N3O2+. The van der Waals surface area contributed by atoms with E-state index in [1.165, 1.54) is 6.40 Å². The van der Waals surface area contributed by atoms with Gasteiger partial charge in [0.25, 0.3) is 0 Å². The smallest absolute Gasteiger partial charge is 0.421 e. The standard InChI is InChI=1S/C13H10F2N3O2/c14-13(15)3-6-18(7-13)12(19)10-11(20-8-17-10)9-1-4-16-5-2-9/h1-8,10-11H/q+1/t10-,11+/m1/s1. The van der Waals surface area contributed by atoms with E-state index in [9.17, 15) is 13.6 Å². The lowest BCUT2D eigenvalue weighted by atomic mass is 10.0. The van der Waals surface area contributed by atoms with Gasteiger partial charge < -0.3 is 4.74 Å². The zero-order chi connectivity index (χ0) is 14.2. The van der Waals surface area contributed by atoms with Crippen LogP contribution >= 0.6 is 0 Å². The summed E-state index contributed by atoms with van der Waals surface area (Å²) in [6.45, 7) is 0. The molecule has 1 aromatic heterocycles. The molecule has 102 valence electrons. The Kier molecular flexibility index (Phi) is 2.89. The molecule has 0 N–H and O–H groups in total. The number of aromatic nitrogens is 1. The predicted molar refractivity (Wildman–Crippen MR) is 65.8 cm³/mol. The van der Waals surface area contributed by atoms with Crippen LogP contribution in [0.2, 0.25) is 0 Å². The lowest BCUT2D eigenvalue weighted by Gasteiger charge is -2.13. The van der Waals surface area contributed by atoms with E-state index in [4.69, 9.17) is 4.74 Å². The molecule has 0 unspecified atom stereocenters. The molecule has 0 aliphatic carbocycles. The van der Waals surface area contributed by atoms with Crippen LogP contribution in [0, 0.1) is 0 Å². The van der Waals surface area contributed by atoms with Crippen molar-refractivity contribution in [2.75, 3.05) is 0 Å². The van der Waals surface area contributed by atoms with E-state index >= 15 is 0 Å². The van der Waals surface area contributed by atoms with Crippen molar-refractivity contribution in [2.24, 2.45) is 4.99 Å². The maximum Gasteiger partial charge on any atom is 0.421 e. The van der Waals surface area contributed by atoms with Crippen molar-refractivity contribution in [3.05, 3.63) is 42.4 Å². The lowest BCUT2D eigenvalue weighted by molar-refractivity contribution is -0.379. The minimum atomic E-state index is -3.11. The zero-order valence-corrected chi connectivity index (χ0v) is 10.2. The number of halogens is 2. The normalized spacial score (nSPS) is 26.4. The minimum Gasteiger partial charge on any atom is -0.473 e. The number of amides is 1. The molecule has 0 fully saturated rings. The second kappa shape index (κ2) is 4.59. The minimum absolute atomic E-state index is 0.561. The second-order valence-electron chi connectivity index (χ2n) is 4.40. The van der Waals surface area contributed by atoms with Crippen molar-refractivity contribution in [1.29, 1.82) is 0 Å². The highest BCUT2D eigenvalue weighted by molar-refractivity contribution is 5.84. The van der Waals surface area contributed by atoms with Crippen LogP contribution < -0.4 is 0 Å². The third-order valence-corrected chi connectivity index (χ3v) is 3.03. The molecule has 3 rings (SSSR count). The molecular weight excluding hydrogens is 268 g/mol. The van der Waals surface area contributed by atoms with Crippen LogP contribution in [0.4, 0.5) is 8.78 Å². The SMILES string of the molecule is O=C([C@@H]1N=CO[C@H]1c1ccncc1)[N+]1=CC(F)(F)C=C1. The van der Waals surface area contributed by atoms with Crippen molar-refractivity contribution in [1.82, 2.24) is 4.98 Å². The highest BCUT2D eigenvalue weighted by atomic mass is 19.3. The number of hydrogen-bond donors (Lipinski definition) is 0. The van der Waals surface area contributed by atoms with E-state index in [2.05, 4.69) is 9.98 Å². The molecule has 1 aromatic rings. The number of nitrogens with zero attached hydrogens (tertiary/aromatic N) is 3. The highest BCUT2D eigenvalue weighted by Gasteiger charge is 2.44. The van der Waals surface area contributed by atoms with Gasteiger partial charge in [-0.15, -0.1) is 4.58 Å². The fourth-order valence-corrected chi connectivity index (χ4v) is 2.07. The van der Waals surface area contributed by atoms with Crippen LogP contribution in [0.25, 0.3) is 0 Å². The van der Waals surface area contributed by atoms with Crippen molar-refractivity contribution < 1.29 is 22.9 Å². The molecule has 0 radical (unpaired) electrons. The van der Waals surface area contributed by atoms with E-state index in [0.29, 0.717) is 17.9 Å². The number of ether oxygens (including phenoxy) is 1. The molecule has 1 amide bonds. The van der Waals surface area contributed by atoms with Gasteiger partial charge in [0.1, 0.15) is 0 Å². The summed E-state index contributed by atoms with van der Waals surface area (Å²) in [5, 5.41) is 0. The Labute approximate surface area is 112 Å². The zero-order valence-electron chi connectivity index (χ0n) is 10.2. The van der Waals surface area contributed by atoms with Crippen LogP contribution in [-0.4, -0.2) is 40.0 Å². The Hall–Kier alpha value is -2.44. The van der Waals surface area contributed by atoms with Crippen molar-refractivity contribution in [3.63, 3.8) is 0 Å². The molecule has 5 nitrogen and oxygen atoms in total. The number of carbonyl (C=O) groups is 1. The van der Waals surface area contributed by atoms with Gasteiger partial charge in [-0.05, 0) is 17.7 Å². The molecule has 3 heterocycles. The van der Waals surface area contributed by atoms with Crippen LogP contribution in [0.1, 0.15) is 11.7 Å². The Bertz CT molecular complexity index is 626. The molecule has 0 saturated heterocycles. The fraction of sp³-hybridized carbons (Fsp3) is 0.231. The number of hydrogen-bond acceptors (Lipinski definition) is 4. The van der Waals surface area contributed by atoms with Crippen LogP contribution in [0.3, 0.4) is 0 Å². The second-order valence-corrected chi connectivity index (χ2v) is 4.40. The first-order valence-electron chi connectivity index (χ1n) is 5.89. The third-order valence-electron chi connectivity index (χ3n) is 3.03. The Morgan fingerprint density at radius 1 is 1.35 bits per heavy atom. The summed E-state index contributed by atoms with van der Waals surface area (Å²) in [7, 11) is 0. The van der Waals surface area contributed by atoms with Crippen molar-refractivity contribution in [2.45, 2.75) is 18.1 Å². The third kappa shape index (κ3) is 2.22. The molecule has 0 spiro atoms. The quantitative estimate of drug-likeness (QED) is 0.767. The Morgan fingerprint density at radius 3 is 2.75 bits per heavy atom. The number of pyridine rings is 1. The summed E-state index contributed by atoms with van der Waals surface area (Å²) in [4.78, 5) is 20.0. The monoisotopic (exact) mass is 278 g/mol. The van der Waals surface area contributed by atoms with Crippen molar-refractivity contribution in [3.8, 4) is 0 Å². The van der Waals surface area contributed by atoms with Crippen LogP contribution in [0.15, 0.2) is 41.8 Å². The number of rotatable bonds is 2. The maximum absolute atomic E-state index is 13.0. The number of allylic oxidation sites excluding steroid dienone is 1. The van der Waals surface area contributed by atoms with Gasteiger partial charge in [-0.3, -0.25) is 4.98 Å². The van der Waals surface area contributed by atoms with E-state index < -0.39 is 24.0 Å². The number of alkyl halides is 2. The average Bonchev–Trinajstić information content (AvgIpc) is 3.05. The summed E-state index contributed by atoms with van der Waals surface area (Å²) in [6, 6.07) is 2.50. The van der Waals surface area contributed by atoms with Gasteiger partial charge in [0.15, 0.2) is 18.7 Å². The first kappa shape index (κ1) is 12.6. The molecule has 0 aromatic carbocycles. The first-order chi connectivity index (χ1) is 9.57. The Morgan fingerprint density at radius 2 is 2.10 bits per heavy atom. The fourth-order valence-electron chi connectivity index (χ4n) is 2.07. The predicted octanol–water partition coefficient (Wildman–Crippen LogP) is 1.32. The summed E-state index contributed by atoms with van der Waals surface area (Å²) in [5.74, 6) is -3.67. The van der Waals surface area contributed by atoms with Gasteiger partial charge in [-0.2, -0.15) is 8.78 Å². The van der Waals surface area contributed by atoms with Gasteiger partial charge >= 0.3 is 11.8 Å². The Balaban J connectivity index is 1.85. The summed E-state index contributed by atoms with van der Waals surface area (Å²) < 4.78 is 32.2. The van der Waals surface area contributed by atoms with E-state index in [1.54, 1.807) is 24.5 Å². The maximum atomic E-state index is 13.0. The lowest BCUT2D eigenvalue weighted by Crippen LogP contribution is -2.32. The first-order valence-corrected chi connectivity index (χ1v) is 5.89. The molecule has 20 heavy (non-hydrogen) atoms. The molecule has 7 heteroatoms. The number of aliphatic imine (C=N–C) groups is 1. The van der Waals surface area contributed by atoms with Crippen LogP contribution in [0.5, 0.6) is 0 Å². The summed E-state index contributed by atoms with van der Waals surface area (Å²) >= 11 is 0. The van der Waals surface area contributed by atoms with E-state index in [-0.39, 0.29) is 0 Å². The van der Waals surface area contributed by atoms with Crippen LogP contribution in [-0.2, 0) is 9.53 Å². The molecule has 2 aliphatic rings. The van der Waals surface area contributed by atoms with Gasteiger partial charge in [0, 0.05) is 12.4 Å². The summed E-state index contributed by atoms with van der Waals surface area (Å²) in [5.41, 5.74) is 0.714. The summed E-state index contributed by atoms with van der Waals surface area (Å²) in [6.07, 6.45) is 5.94. The van der Waals surface area contributed by atoms with Crippen molar-refractivity contribution >= 4 is 18.5 Å². The van der Waals surface area contributed by atoms with Gasteiger partial charge in [-0.25, -0.2) is 9.79 Å². The van der Waals surface area contributed by atoms with Gasteiger partial charge in [0.05, 0.1) is 6.08 Å². The van der Waals surface area contributed by atoms with E-state index in [1.807, 2.05) is 0 Å². The molecule has 0 saturated carbocycles. The van der Waals surface area contributed by atoms with E-state index in [0.717, 1.165) is 10.8 Å². The highest BCUT2D eigenvalue weighted by Crippen LogP contribution is 2.28. The largest absolute Gasteiger partial charge is 0.473 e. The topological polar surface area (TPSA) is 54.6 Å². The van der Waals surface area contributed by atoms with Gasteiger partial charge in [0.2, 0.25) is 12.3 Å². The number of carbonyl (C=O) groups excluding carboxylic acids is 1. The molecule has 0 bridgehead atoms. The molecule has 2 aliphatic heterocycles.